The Morgan fingerprint density at radius 3 is 2.47 bits per heavy atom. The second-order valence-corrected chi connectivity index (χ2v) is 5.05. The molecule has 0 aromatic heterocycles. The second-order valence-electron chi connectivity index (χ2n) is 5.05. The van der Waals surface area contributed by atoms with Gasteiger partial charge in [-0.15, -0.1) is 0 Å². The summed E-state index contributed by atoms with van der Waals surface area (Å²) in [6.45, 7) is 13.0. The zero-order valence-electron chi connectivity index (χ0n) is 10.4. The van der Waals surface area contributed by atoms with Gasteiger partial charge in [0, 0.05) is 44.2 Å². The standard InChI is InChI=1S/C12H24N2O/c1-10(2)14-6-5-13(8-12(14)4)7-11(3)9-15/h9-12H,5-8H2,1-4H3. The van der Waals surface area contributed by atoms with E-state index in [4.69, 9.17) is 0 Å². The number of aldehydes is 1. The molecule has 15 heavy (non-hydrogen) atoms. The largest absolute Gasteiger partial charge is 0.303 e. The molecule has 0 radical (unpaired) electrons. The van der Waals surface area contributed by atoms with Gasteiger partial charge in [0.2, 0.25) is 0 Å². The van der Waals surface area contributed by atoms with Crippen molar-refractivity contribution in [1.82, 2.24) is 9.80 Å². The summed E-state index contributed by atoms with van der Waals surface area (Å²) in [5.74, 6) is 0.169. The molecule has 1 heterocycles. The van der Waals surface area contributed by atoms with Crippen LogP contribution in [0.2, 0.25) is 0 Å². The highest BCUT2D eigenvalue weighted by Gasteiger charge is 2.25. The Morgan fingerprint density at radius 2 is 2.00 bits per heavy atom. The molecule has 0 bridgehead atoms. The molecule has 0 aliphatic carbocycles. The minimum absolute atomic E-state index is 0.169. The van der Waals surface area contributed by atoms with Crippen molar-refractivity contribution in [3.63, 3.8) is 0 Å². The van der Waals surface area contributed by atoms with E-state index in [0.717, 1.165) is 32.5 Å². The van der Waals surface area contributed by atoms with Crippen molar-refractivity contribution in [3.05, 3.63) is 0 Å². The van der Waals surface area contributed by atoms with Crippen molar-refractivity contribution in [2.45, 2.75) is 39.8 Å². The molecule has 0 aromatic carbocycles. The van der Waals surface area contributed by atoms with Crippen LogP contribution in [0.5, 0.6) is 0 Å². The fourth-order valence-electron chi connectivity index (χ4n) is 2.43. The average molecular weight is 212 g/mol. The van der Waals surface area contributed by atoms with Gasteiger partial charge in [-0.3, -0.25) is 9.80 Å². The number of hydrogen-bond donors (Lipinski definition) is 0. The van der Waals surface area contributed by atoms with Gasteiger partial charge < -0.3 is 4.79 Å². The molecule has 1 aliphatic heterocycles. The quantitative estimate of drug-likeness (QED) is 0.655. The topological polar surface area (TPSA) is 23.6 Å². The van der Waals surface area contributed by atoms with Gasteiger partial charge in [-0.05, 0) is 20.8 Å². The van der Waals surface area contributed by atoms with Crippen LogP contribution in [0, 0.1) is 5.92 Å². The minimum atomic E-state index is 0.169. The Balaban J connectivity index is 2.40. The summed E-state index contributed by atoms with van der Waals surface area (Å²) in [6, 6.07) is 1.24. The molecule has 3 nitrogen and oxygen atoms in total. The zero-order valence-corrected chi connectivity index (χ0v) is 10.4. The van der Waals surface area contributed by atoms with Crippen molar-refractivity contribution >= 4 is 6.29 Å². The van der Waals surface area contributed by atoms with Crippen LogP contribution in [-0.4, -0.2) is 54.3 Å². The van der Waals surface area contributed by atoms with Crippen LogP contribution in [0.1, 0.15) is 27.7 Å². The van der Waals surface area contributed by atoms with Crippen LogP contribution < -0.4 is 0 Å². The van der Waals surface area contributed by atoms with Crippen molar-refractivity contribution in [2.75, 3.05) is 26.2 Å². The van der Waals surface area contributed by atoms with Crippen LogP contribution in [0.4, 0.5) is 0 Å². The number of hydrogen-bond acceptors (Lipinski definition) is 3. The molecule has 1 fully saturated rings. The summed E-state index contributed by atoms with van der Waals surface area (Å²) in [4.78, 5) is 15.5. The zero-order chi connectivity index (χ0) is 11.4. The fraction of sp³-hybridized carbons (Fsp3) is 0.917. The molecule has 1 rings (SSSR count). The highest BCUT2D eigenvalue weighted by atomic mass is 16.1. The molecule has 0 amide bonds. The summed E-state index contributed by atoms with van der Waals surface area (Å²) >= 11 is 0. The third-order valence-electron chi connectivity index (χ3n) is 3.20. The van der Waals surface area contributed by atoms with Gasteiger partial charge in [-0.2, -0.15) is 0 Å². The molecule has 2 atom stereocenters. The van der Waals surface area contributed by atoms with Crippen molar-refractivity contribution < 1.29 is 4.79 Å². The molecule has 0 saturated carbocycles. The second kappa shape index (κ2) is 5.61. The molecule has 0 N–H and O–H groups in total. The van der Waals surface area contributed by atoms with Gasteiger partial charge in [0.25, 0.3) is 0 Å². The van der Waals surface area contributed by atoms with Crippen LogP contribution in [0.25, 0.3) is 0 Å². The molecule has 2 unspecified atom stereocenters. The van der Waals surface area contributed by atoms with Crippen LogP contribution in [0.15, 0.2) is 0 Å². The van der Waals surface area contributed by atoms with E-state index < -0.39 is 0 Å². The SMILES string of the molecule is CC(C=O)CN1CCN(C(C)C)C(C)C1. The Morgan fingerprint density at radius 1 is 1.33 bits per heavy atom. The molecule has 3 heteroatoms. The molecule has 1 aliphatic rings. The number of carbonyl (C=O) groups excluding carboxylic acids is 1. The summed E-state index contributed by atoms with van der Waals surface area (Å²) in [5, 5.41) is 0. The highest BCUT2D eigenvalue weighted by Crippen LogP contribution is 2.13. The Bertz CT molecular complexity index is 206. The maximum Gasteiger partial charge on any atom is 0.124 e. The third kappa shape index (κ3) is 3.58. The maximum atomic E-state index is 10.6. The molecular formula is C12H24N2O. The smallest absolute Gasteiger partial charge is 0.124 e. The maximum absolute atomic E-state index is 10.6. The van der Waals surface area contributed by atoms with Gasteiger partial charge in [0.1, 0.15) is 6.29 Å². The molecule has 1 saturated heterocycles. The van der Waals surface area contributed by atoms with E-state index in [1.165, 1.54) is 0 Å². The van der Waals surface area contributed by atoms with Gasteiger partial charge in [0.15, 0.2) is 0 Å². The molecular weight excluding hydrogens is 188 g/mol. The average Bonchev–Trinajstić information content (AvgIpc) is 2.17. The van der Waals surface area contributed by atoms with E-state index in [-0.39, 0.29) is 5.92 Å². The first-order chi connectivity index (χ1) is 7.04. The lowest BCUT2D eigenvalue weighted by molar-refractivity contribution is -0.111. The van der Waals surface area contributed by atoms with E-state index >= 15 is 0 Å². The Hall–Kier alpha value is -0.410. The third-order valence-corrected chi connectivity index (χ3v) is 3.20. The molecule has 88 valence electrons. The van der Waals surface area contributed by atoms with Crippen LogP contribution >= 0.6 is 0 Å². The van der Waals surface area contributed by atoms with Gasteiger partial charge in [0.05, 0.1) is 0 Å². The highest BCUT2D eigenvalue weighted by molar-refractivity contribution is 5.53. The Kier molecular flexibility index (Phi) is 4.74. The lowest BCUT2D eigenvalue weighted by atomic mass is 10.1. The van der Waals surface area contributed by atoms with E-state index in [0.29, 0.717) is 12.1 Å². The monoisotopic (exact) mass is 212 g/mol. The fourth-order valence-corrected chi connectivity index (χ4v) is 2.43. The van der Waals surface area contributed by atoms with E-state index in [2.05, 4.69) is 30.6 Å². The number of rotatable bonds is 4. The Labute approximate surface area is 93.4 Å². The molecule has 0 aromatic rings. The van der Waals surface area contributed by atoms with Crippen molar-refractivity contribution in [3.8, 4) is 0 Å². The molecule has 0 spiro atoms. The first kappa shape index (κ1) is 12.7. The van der Waals surface area contributed by atoms with Gasteiger partial charge in [-0.1, -0.05) is 6.92 Å². The van der Waals surface area contributed by atoms with E-state index in [1.54, 1.807) is 0 Å². The van der Waals surface area contributed by atoms with Crippen LogP contribution in [-0.2, 0) is 4.79 Å². The van der Waals surface area contributed by atoms with Crippen LogP contribution in [0.3, 0.4) is 0 Å². The lowest BCUT2D eigenvalue weighted by Gasteiger charge is -2.42. The normalized spacial score (nSPS) is 26.9. The summed E-state index contributed by atoms with van der Waals surface area (Å²) < 4.78 is 0. The number of piperazine rings is 1. The predicted molar refractivity (Wildman–Crippen MR) is 63.0 cm³/mol. The first-order valence-electron chi connectivity index (χ1n) is 5.98. The van der Waals surface area contributed by atoms with Gasteiger partial charge >= 0.3 is 0 Å². The van der Waals surface area contributed by atoms with Crippen molar-refractivity contribution in [2.24, 2.45) is 5.92 Å². The summed E-state index contributed by atoms with van der Waals surface area (Å²) in [5.41, 5.74) is 0. The summed E-state index contributed by atoms with van der Waals surface area (Å²) in [6.07, 6.45) is 1.06. The minimum Gasteiger partial charge on any atom is -0.303 e. The number of nitrogens with zero attached hydrogens (tertiary/aromatic N) is 2. The predicted octanol–water partition coefficient (Wildman–Crippen LogP) is 1.24. The first-order valence-corrected chi connectivity index (χ1v) is 5.98. The number of carbonyl (C=O) groups is 1. The van der Waals surface area contributed by atoms with Gasteiger partial charge in [-0.25, -0.2) is 0 Å². The summed E-state index contributed by atoms with van der Waals surface area (Å²) in [7, 11) is 0. The van der Waals surface area contributed by atoms with E-state index in [1.807, 2.05) is 6.92 Å². The van der Waals surface area contributed by atoms with Crippen molar-refractivity contribution in [1.29, 1.82) is 0 Å². The van der Waals surface area contributed by atoms with E-state index in [9.17, 15) is 4.79 Å². The lowest BCUT2D eigenvalue weighted by Crippen LogP contribution is -2.54.